The molecule has 38 heavy (non-hydrogen) atoms. The number of carbonyl (C=O) groups is 5. The lowest BCUT2D eigenvalue weighted by molar-refractivity contribution is -0.216. The van der Waals surface area contributed by atoms with Crippen LogP contribution in [0.1, 0.15) is 47.1 Å². The number of rotatable bonds is 7. The lowest BCUT2D eigenvalue weighted by Crippen LogP contribution is -2.66. The molecule has 0 saturated carbocycles. The Kier molecular flexibility index (Phi) is 8.17. The minimum atomic E-state index is -1.31. The van der Waals surface area contributed by atoms with Crippen molar-refractivity contribution in [2.24, 2.45) is 0 Å². The number of carbonyl (C=O) groups excluding carboxylic acids is 5. The fraction of sp³-hybridized carbons (Fsp3) is 0.370. The summed E-state index contributed by atoms with van der Waals surface area (Å²) in [5.41, 5.74) is 0.446. The number of imide groups is 1. The van der Waals surface area contributed by atoms with Gasteiger partial charge in [0.25, 0.3) is 11.8 Å². The molecule has 1 saturated heterocycles. The van der Waals surface area contributed by atoms with Gasteiger partial charge in [0, 0.05) is 25.7 Å². The first-order valence-electron chi connectivity index (χ1n) is 11.9. The third-order valence-corrected chi connectivity index (χ3v) is 7.23. The highest BCUT2D eigenvalue weighted by molar-refractivity contribution is 7.99. The molecule has 0 radical (unpaired) electrons. The van der Waals surface area contributed by atoms with Crippen LogP contribution < -0.4 is 0 Å². The van der Waals surface area contributed by atoms with Gasteiger partial charge >= 0.3 is 17.9 Å². The van der Waals surface area contributed by atoms with Gasteiger partial charge in [-0.25, -0.2) is 0 Å². The van der Waals surface area contributed by atoms with Gasteiger partial charge in [-0.15, -0.1) is 0 Å². The highest BCUT2D eigenvalue weighted by atomic mass is 32.2. The summed E-state index contributed by atoms with van der Waals surface area (Å²) in [6.45, 7) is 5.17. The van der Waals surface area contributed by atoms with E-state index in [2.05, 4.69) is 0 Å². The van der Waals surface area contributed by atoms with Gasteiger partial charge in [0.1, 0.15) is 24.2 Å². The van der Waals surface area contributed by atoms with E-state index >= 15 is 0 Å². The maximum atomic E-state index is 13.5. The number of fused-ring (bicyclic) bond motifs is 1. The Morgan fingerprint density at radius 1 is 0.842 bits per heavy atom. The third kappa shape index (κ3) is 5.73. The van der Waals surface area contributed by atoms with Crippen LogP contribution in [0.3, 0.4) is 0 Å². The summed E-state index contributed by atoms with van der Waals surface area (Å²) in [5.74, 6) is -3.21. The summed E-state index contributed by atoms with van der Waals surface area (Å²) in [7, 11) is 0. The average Bonchev–Trinajstić information content (AvgIpc) is 3.10. The van der Waals surface area contributed by atoms with Gasteiger partial charge in [0.2, 0.25) is 0 Å². The van der Waals surface area contributed by atoms with Crippen molar-refractivity contribution in [1.29, 1.82) is 0 Å². The van der Waals surface area contributed by atoms with Gasteiger partial charge in [-0.2, -0.15) is 0 Å². The van der Waals surface area contributed by atoms with E-state index in [0.29, 0.717) is 0 Å². The second-order valence-electron chi connectivity index (χ2n) is 8.94. The lowest BCUT2D eigenvalue weighted by Gasteiger charge is -2.47. The van der Waals surface area contributed by atoms with Crippen LogP contribution in [0.25, 0.3) is 0 Å². The van der Waals surface area contributed by atoms with Gasteiger partial charge in [0.15, 0.2) is 12.2 Å². The van der Waals surface area contributed by atoms with Crippen LogP contribution in [0.15, 0.2) is 53.4 Å². The summed E-state index contributed by atoms with van der Waals surface area (Å²) >= 11 is 1.20. The molecule has 5 atom stereocenters. The number of esters is 3. The Balaban J connectivity index is 1.82. The fourth-order valence-corrected chi connectivity index (χ4v) is 5.66. The number of thioether (sulfide) groups is 1. The van der Waals surface area contributed by atoms with E-state index in [1.54, 1.807) is 12.1 Å². The van der Waals surface area contributed by atoms with Crippen LogP contribution in [0.4, 0.5) is 0 Å². The molecule has 2 heterocycles. The number of nitrogens with zero attached hydrogens (tertiary/aromatic N) is 1. The predicted molar refractivity (Wildman–Crippen MR) is 134 cm³/mol. The molecule has 200 valence electrons. The van der Waals surface area contributed by atoms with Crippen molar-refractivity contribution in [2.75, 3.05) is 6.61 Å². The molecule has 0 N–H and O–H groups in total. The van der Waals surface area contributed by atoms with Crippen LogP contribution in [-0.2, 0) is 33.3 Å². The summed E-state index contributed by atoms with van der Waals surface area (Å²) in [6.07, 6.45) is -3.64. The van der Waals surface area contributed by atoms with Crippen molar-refractivity contribution in [2.45, 2.75) is 62.4 Å². The number of amides is 2. The third-order valence-electron chi connectivity index (χ3n) is 6.07. The summed E-state index contributed by atoms with van der Waals surface area (Å²) in [6, 6.07) is 12.7. The number of aryl methyl sites for hydroxylation is 1. The Morgan fingerprint density at radius 3 is 1.92 bits per heavy atom. The Labute approximate surface area is 223 Å². The van der Waals surface area contributed by atoms with Gasteiger partial charge < -0.3 is 18.9 Å². The molecule has 2 aliphatic rings. The monoisotopic (exact) mass is 541 g/mol. The molecular weight excluding hydrogens is 514 g/mol. The van der Waals surface area contributed by atoms with E-state index in [0.717, 1.165) is 22.3 Å². The molecule has 2 aromatic rings. The van der Waals surface area contributed by atoms with Crippen molar-refractivity contribution >= 4 is 41.5 Å². The van der Waals surface area contributed by atoms with Crippen molar-refractivity contribution in [3.8, 4) is 0 Å². The van der Waals surface area contributed by atoms with E-state index in [4.69, 9.17) is 18.9 Å². The van der Waals surface area contributed by atoms with E-state index in [1.165, 1.54) is 37.7 Å². The van der Waals surface area contributed by atoms with Crippen LogP contribution in [0, 0.1) is 6.92 Å². The molecule has 11 heteroatoms. The number of ether oxygens (including phenoxy) is 4. The van der Waals surface area contributed by atoms with E-state index in [-0.39, 0.29) is 17.7 Å². The zero-order valence-corrected chi connectivity index (χ0v) is 22.1. The molecule has 4 rings (SSSR count). The van der Waals surface area contributed by atoms with Crippen molar-refractivity contribution in [3.63, 3.8) is 0 Å². The first-order chi connectivity index (χ1) is 18.1. The molecule has 0 aliphatic carbocycles. The van der Waals surface area contributed by atoms with Gasteiger partial charge in [-0.3, -0.25) is 28.9 Å². The molecule has 2 amide bonds. The van der Waals surface area contributed by atoms with Crippen LogP contribution in [-0.4, -0.2) is 71.0 Å². The average molecular weight is 542 g/mol. The summed E-state index contributed by atoms with van der Waals surface area (Å²) in [4.78, 5) is 64.8. The Hall–Kier alpha value is -3.70. The topological polar surface area (TPSA) is 126 Å². The largest absolute Gasteiger partial charge is 0.463 e. The van der Waals surface area contributed by atoms with E-state index < -0.39 is 59.5 Å². The Bertz CT molecular complexity index is 1230. The number of hydrogen-bond donors (Lipinski definition) is 0. The molecule has 0 aromatic heterocycles. The fourth-order valence-electron chi connectivity index (χ4n) is 4.48. The second-order valence-corrected chi connectivity index (χ2v) is 10.1. The molecular formula is C27H27NO9S. The van der Waals surface area contributed by atoms with E-state index in [9.17, 15) is 24.0 Å². The first-order valence-corrected chi connectivity index (χ1v) is 12.8. The van der Waals surface area contributed by atoms with Crippen molar-refractivity contribution < 1.29 is 42.9 Å². The zero-order valence-electron chi connectivity index (χ0n) is 21.2. The second kappa shape index (κ2) is 11.4. The Morgan fingerprint density at radius 2 is 1.39 bits per heavy atom. The normalized spacial score (nSPS) is 24.5. The lowest BCUT2D eigenvalue weighted by atomic mass is 9.96. The van der Waals surface area contributed by atoms with Crippen LogP contribution in [0.2, 0.25) is 0 Å². The SMILES string of the molecule is CC(=O)OC[C@H]1O[C@@H](Sc2ccc(C)cc2)[C@H](N2C(=O)c3ccccc3C2=O)[C@@H](OC(C)=O)[C@@H]1OC(C)=O. The molecule has 1 fully saturated rings. The molecule has 10 nitrogen and oxygen atoms in total. The predicted octanol–water partition coefficient (Wildman–Crippen LogP) is 2.90. The maximum Gasteiger partial charge on any atom is 0.303 e. The van der Waals surface area contributed by atoms with Crippen molar-refractivity contribution in [1.82, 2.24) is 4.90 Å². The summed E-state index contributed by atoms with van der Waals surface area (Å²) < 4.78 is 22.6. The smallest absolute Gasteiger partial charge is 0.303 e. The molecule has 0 spiro atoms. The molecule has 2 aromatic carbocycles. The molecule has 0 bridgehead atoms. The van der Waals surface area contributed by atoms with Gasteiger partial charge in [-0.1, -0.05) is 41.6 Å². The first kappa shape index (κ1) is 27.3. The maximum absolute atomic E-state index is 13.5. The number of benzene rings is 2. The van der Waals surface area contributed by atoms with E-state index in [1.807, 2.05) is 31.2 Å². The quantitative estimate of drug-likeness (QED) is 0.293. The van der Waals surface area contributed by atoms with Crippen LogP contribution in [0.5, 0.6) is 0 Å². The molecule has 0 unspecified atom stereocenters. The van der Waals surface area contributed by atoms with Gasteiger partial charge in [0.05, 0.1) is 11.1 Å². The zero-order chi connectivity index (χ0) is 27.6. The minimum Gasteiger partial charge on any atom is -0.463 e. The van der Waals surface area contributed by atoms with Gasteiger partial charge in [-0.05, 0) is 31.2 Å². The molecule has 2 aliphatic heterocycles. The highest BCUT2D eigenvalue weighted by Gasteiger charge is 2.57. The highest BCUT2D eigenvalue weighted by Crippen LogP contribution is 2.41. The minimum absolute atomic E-state index is 0.198. The number of hydrogen-bond acceptors (Lipinski definition) is 10. The summed E-state index contributed by atoms with van der Waals surface area (Å²) in [5, 5.41) is 0. The standard InChI is InChI=1S/C27H27NO9S/c1-14-9-11-18(12-10-14)38-27-22(28-25(32)19-7-5-6-8-20(19)26(28)33)24(36-17(4)31)23(35-16(3)30)21(37-27)13-34-15(2)29/h5-12,21-24,27H,13H2,1-4H3/t21-,22-,23-,24-,27+/m1/s1. The van der Waals surface area contributed by atoms with Crippen molar-refractivity contribution in [3.05, 3.63) is 65.2 Å². The van der Waals surface area contributed by atoms with Crippen LogP contribution >= 0.6 is 11.8 Å².